The van der Waals surface area contributed by atoms with Crippen molar-refractivity contribution in [3.05, 3.63) is 70.0 Å². The average Bonchev–Trinajstić information content (AvgIpc) is 3.32. The first-order valence-electron chi connectivity index (χ1n) is 8.01. The molecule has 4 aromatic rings. The smallest absolute Gasteiger partial charge is 0.293 e. The molecular formula is C19H11BrClN3O3S. The van der Waals surface area contributed by atoms with Crippen molar-refractivity contribution in [1.82, 2.24) is 10.3 Å². The minimum Gasteiger partial charge on any atom is -0.459 e. The lowest BCUT2D eigenvalue weighted by atomic mass is 10.2. The number of amides is 1. The van der Waals surface area contributed by atoms with E-state index in [0.29, 0.717) is 33.3 Å². The molecule has 0 fully saturated rings. The first kappa shape index (κ1) is 18.7. The molecule has 0 aliphatic carbocycles. The molecule has 0 radical (unpaired) electrons. The van der Waals surface area contributed by atoms with Crippen LogP contribution in [0.4, 0.5) is 5.69 Å². The molecule has 6 nitrogen and oxygen atoms in total. The number of halogens is 2. The molecule has 0 spiro atoms. The van der Waals surface area contributed by atoms with E-state index in [2.05, 4.69) is 31.5 Å². The van der Waals surface area contributed by atoms with Gasteiger partial charge in [0.25, 0.3) is 5.91 Å². The summed E-state index contributed by atoms with van der Waals surface area (Å²) >= 11 is 14.8. The summed E-state index contributed by atoms with van der Waals surface area (Å²) in [4.78, 5) is 16.5. The van der Waals surface area contributed by atoms with Crippen molar-refractivity contribution < 1.29 is 13.6 Å². The van der Waals surface area contributed by atoms with E-state index >= 15 is 0 Å². The van der Waals surface area contributed by atoms with Crippen molar-refractivity contribution in [2.45, 2.75) is 0 Å². The summed E-state index contributed by atoms with van der Waals surface area (Å²) in [5.41, 5.74) is 2.55. The Morgan fingerprint density at radius 2 is 2.04 bits per heavy atom. The highest BCUT2D eigenvalue weighted by atomic mass is 79.9. The van der Waals surface area contributed by atoms with Crippen molar-refractivity contribution in [3.8, 4) is 11.5 Å². The van der Waals surface area contributed by atoms with Crippen LogP contribution in [-0.4, -0.2) is 16.0 Å². The molecule has 0 saturated carbocycles. The van der Waals surface area contributed by atoms with E-state index in [1.54, 1.807) is 36.4 Å². The minimum atomic E-state index is -0.434. The third-order valence-electron chi connectivity index (χ3n) is 3.78. The number of benzene rings is 2. The minimum absolute atomic E-state index is 0.138. The van der Waals surface area contributed by atoms with Crippen LogP contribution in [0.2, 0.25) is 5.02 Å². The van der Waals surface area contributed by atoms with Gasteiger partial charge >= 0.3 is 0 Å². The molecule has 0 aliphatic heterocycles. The molecule has 9 heteroatoms. The largest absolute Gasteiger partial charge is 0.459 e. The van der Waals surface area contributed by atoms with Crippen LogP contribution in [0, 0.1) is 0 Å². The van der Waals surface area contributed by atoms with E-state index in [-0.39, 0.29) is 10.9 Å². The van der Waals surface area contributed by atoms with Crippen LogP contribution in [0.1, 0.15) is 10.6 Å². The molecule has 0 atom stereocenters. The third-order valence-corrected chi connectivity index (χ3v) is 4.80. The molecule has 1 amide bonds. The van der Waals surface area contributed by atoms with Crippen LogP contribution in [0.5, 0.6) is 0 Å². The number of oxazole rings is 1. The summed E-state index contributed by atoms with van der Waals surface area (Å²) in [6, 6.07) is 13.9. The standard InChI is InChI=1S/C19H11BrClN3O3S/c20-10-3-5-13(21)12(8-10)18-23-14-9-11(4-6-15(14)27-18)22-19(28)24-17(25)16-2-1-7-26-16/h1-9H,(H2,22,24,25,28). The number of thiocarbonyl (C=S) groups is 1. The van der Waals surface area contributed by atoms with Gasteiger partial charge in [0, 0.05) is 10.2 Å². The second-order valence-electron chi connectivity index (χ2n) is 5.71. The fourth-order valence-electron chi connectivity index (χ4n) is 2.52. The summed E-state index contributed by atoms with van der Waals surface area (Å²) in [7, 11) is 0. The molecule has 2 N–H and O–H groups in total. The molecule has 2 aromatic heterocycles. The normalized spacial score (nSPS) is 10.8. The van der Waals surface area contributed by atoms with Crippen molar-refractivity contribution in [2.75, 3.05) is 5.32 Å². The van der Waals surface area contributed by atoms with Gasteiger partial charge in [0.1, 0.15) is 5.52 Å². The SMILES string of the molecule is O=C(NC(=S)Nc1ccc2oc(-c3cc(Br)ccc3Cl)nc2c1)c1ccco1. The average molecular weight is 477 g/mol. The molecule has 140 valence electrons. The lowest BCUT2D eigenvalue weighted by Crippen LogP contribution is -2.33. The Morgan fingerprint density at radius 1 is 1.18 bits per heavy atom. The van der Waals surface area contributed by atoms with Crippen molar-refractivity contribution in [1.29, 1.82) is 0 Å². The van der Waals surface area contributed by atoms with Gasteiger partial charge in [-0.25, -0.2) is 4.98 Å². The molecule has 2 heterocycles. The predicted octanol–water partition coefficient (Wildman–Crippen LogP) is 5.63. The van der Waals surface area contributed by atoms with Crippen molar-refractivity contribution >= 4 is 67.6 Å². The van der Waals surface area contributed by atoms with Gasteiger partial charge in [-0.2, -0.15) is 0 Å². The zero-order valence-electron chi connectivity index (χ0n) is 14.0. The number of rotatable bonds is 3. The number of aromatic nitrogens is 1. The Kier molecular flexibility index (Phi) is 5.17. The number of carbonyl (C=O) groups excluding carboxylic acids is 1. The number of hydrogen-bond acceptors (Lipinski definition) is 5. The monoisotopic (exact) mass is 475 g/mol. The number of hydrogen-bond donors (Lipinski definition) is 2. The number of fused-ring (bicyclic) bond motifs is 1. The maximum Gasteiger partial charge on any atom is 0.293 e. The van der Waals surface area contributed by atoms with Gasteiger partial charge in [-0.05, 0) is 60.7 Å². The molecule has 0 saturated heterocycles. The van der Waals surface area contributed by atoms with Gasteiger partial charge in [0.2, 0.25) is 5.89 Å². The highest BCUT2D eigenvalue weighted by molar-refractivity contribution is 9.10. The van der Waals surface area contributed by atoms with Gasteiger partial charge in [0.15, 0.2) is 16.5 Å². The fourth-order valence-corrected chi connectivity index (χ4v) is 3.29. The van der Waals surface area contributed by atoms with Crippen LogP contribution < -0.4 is 10.6 Å². The Balaban J connectivity index is 1.54. The fraction of sp³-hybridized carbons (Fsp3) is 0. The maximum absolute atomic E-state index is 12.0. The van der Waals surface area contributed by atoms with E-state index in [4.69, 9.17) is 32.7 Å². The van der Waals surface area contributed by atoms with E-state index < -0.39 is 5.91 Å². The van der Waals surface area contributed by atoms with E-state index in [9.17, 15) is 4.79 Å². The van der Waals surface area contributed by atoms with Crippen LogP contribution in [0.15, 0.2) is 68.1 Å². The van der Waals surface area contributed by atoms with Crippen LogP contribution >= 0.6 is 39.7 Å². The molecule has 28 heavy (non-hydrogen) atoms. The predicted molar refractivity (Wildman–Crippen MR) is 115 cm³/mol. The summed E-state index contributed by atoms with van der Waals surface area (Å²) in [6.07, 6.45) is 1.42. The second kappa shape index (κ2) is 7.75. The van der Waals surface area contributed by atoms with Gasteiger partial charge in [0.05, 0.1) is 16.8 Å². The first-order chi connectivity index (χ1) is 13.5. The Labute approximate surface area is 178 Å². The summed E-state index contributed by atoms with van der Waals surface area (Å²) < 4.78 is 11.7. The van der Waals surface area contributed by atoms with Crippen LogP contribution in [-0.2, 0) is 0 Å². The number of furan rings is 1. The Morgan fingerprint density at radius 3 is 2.82 bits per heavy atom. The van der Waals surface area contributed by atoms with Gasteiger partial charge in [-0.15, -0.1) is 0 Å². The zero-order chi connectivity index (χ0) is 19.7. The molecule has 0 unspecified atom stereocenters. The van der Waals surface area contributed by atoms with Gasteiger partial charge in [-0.1, -0.05) is 27.5 Å². The number of anilines is 1. The van der Waals surface area contributed by atoms with Gasteiger partial charge < -0.3 is 14.2 Å². The zero-order valence-corrected chi connectivity index (χ0v) is 17.2. The first-order valence-corrected chi connectivity index (χ1v) is 9.59. The maximum atomic E-state index is 12.0. The van der Waals surface area contributed by atoms with E-state index in [0.717, 1.165) is 4.47 Å². The lowest BCUT2D eigenvalue weighted by molar-refractivity contribution is 0.0950. The second-order valence-corrected chi connectivity index (χ2v) is 7.44. The Bertz CT molecular complexity index is 1190. The van der Waals surface area contributed by atoms with Gasteiger partial charge in [-0.3, -0.25) is 10.1 Å². The number of carbonyl (C=O) groups is 1. The summed E-state index contributed by atoms with van der Waals surface area (Å²) in [6.45, 7) is 0. The van der Waals surface area contributed by atoms with E-state index in [1.807, 2.05) is 12.1 Å². The lowest BCUT2D eigenvalue weighted by Gasteiger charge is -2.08. The molecule has 0 aliphatic rings. The molecule has 0 bridgehead atoms. The highest BCUT2D eigenvalue weighted by Gasteiger charge is 2.14. The highest BCUT2D eigenvalue weighted by Crippen LogP contribution is 2.32. The number of nitrogens with one attached hydrogen (secondary N) is 2. The number of nitrogens with zero attached hydrogens (tertiary/aromatic N) is 1. The summed E-state index contributed by atoms with van der Waals surface area (Å²) in [5, 5.41) is 6.16. The van der Waals surface area contributed by atoms with Crippen molar-refractivity contribution in [2.24, 2.45) is 0 Å². The van der Waals surface area contributed by atoms with Crippen LogP contribution in [0.3, 0.4) is 0 Å². The summed E-state index contributed by atoms with van der Waals surface area (Å²) in [5.74, 6) is 0.149. The van der Waals surface area contributed by atoms with Crippen LogP contribution in [0.25, 0.3) is 22.6 Å². The molecule has 4 rings (SSSR count). The Hall–Kier alpha value is -2.68. The molecular weight excluding hydrogens is 466 g/mol. The molecule has 2 aromatic carbocycles. The third kappa shape index (κ3) is 3.94. The topological polar surface area (TPSA) is 80.3 Å². The van der Waals surface area contributed by atoms with Crippen molar-refractivity contribution in [3.63, 3.8) is 0 Å². The van der Waals surface area contributed by atoms with E-state index in [1.165, 1.54) is 6.26 Å². The quantitative estimate of drug-likeness (QED) is 0.373.